The second kappa shape index (κ2) is 8.61. The Morgan fingerprint density at radius 1 is 1.23 bits per heavy atom. The summed E-state index contributed by atoms with van der Waals surface area (Å²) < 4.78 is 7.22. The van der Waals surface area contributed by atoms with Gasteiger partial charge in [0.2, 0.25) is 5.91 Å². The third-order valence-electron chi connectivity index (χ3n) is 3.50. The maximum absolute atomic E-state index is 11.9. The molecule has 1 amide bonds. The minimum Gasteiger partial charge on any atom is -0.383 e. The molecule has 2 aromatic rings. The smallest absolute Gasteiger partial charge is 0.237 e. The van der Waals surface area contributed by atoms with E-state index in [1.807, 2.05) is 36.5 Å². The van der Waals surface area contributed by atoms with Gasteiger partial charge >= 0.3 is 0 Å². The van der Waals surface area contributed by atoms with Gasteiger partial charge in [0.25, 0.3) is 0 Å². The number of halogens is 1. The number of nitrogens with zero attached hydrogens (tertiary/aromatic N) is 2. The molecule has 118 valence electrons. The van der Waals surface area contributed by atoms with E-state index in [-0.39, 0.29) is 11.8 Å². The van der Waals surface area contributed by atoms with Crippen molar-refractivity contribution in [3.8, 4) is 0 Å². The number of hydrogen-bond acceptors (Lipinski definition) is 2. The van der Waals surface area contributed by atoms with Crippen LogP contribution in [0.3, 0.4) is 0 Å². The van der Waals surface area contributed by atoms with Crippen molar-refractivity contribution in [3.63, 3.8) is 0 Å². The minimum atomic E-state index is -0.0776. The topological polar surface area (TPSA) is 34.5 Å². The maximum atomic E-state index is 11.9. The summed E-state index contributed by atoms with van der Waals surface area (Å²) in [7, 11) is 1.63. The Kier molecular flexibility index (Phi) is 6.49. The highest BCUT2D eigenvalue weighted by Gasteiger charge is 2.14. The zero-order valence-electron chi connectivity index (χ0n) is 12.7. The van der Waals surface area contributed by atoms with Gasteiger partial charge in [-0.1, -0.05) is 30.3 Å². The van der Waals surface area contributed by atoms with Crippen molar-refractivity contribution in [2.45, 2.75) is 13.1 Å². The molecule has 4 nitrogen and oxygen atoms in total. The van der Waals surface area contributed by atoms with Gasteiger partial charge in [-0.2, -0.15) is 0 Å². The van der Waals surface area contributed by atoms with E-state index in [1.165, 1.54) is 5.56 Å². The Morgan fingerprint density at radius 2 is 2.00 bits per heavy atom. The summed E-state index contributed by atoms with van der Waals surface area (Å²) in [6.07, 6.45) is 2.03. The maximum Gasteiger partial charge on any atom is 0.237 e. The highest BCUT2D eigenvalue weighted by molar-refractivity contribution is 6.27. The van der Waals surface area contributed by atoms with Crippen molar-refractivity contribution in [1.82, 2.24) is 9.47 Å². The Labute approximate surface area is 136 Å². The molecule has 0 aliphatic carbocycles. The zero-order valence-corrected chi connectivity index (χ0v) is 13.5. The van der Waals surface area contributed by atoms with Crippen LogP contribution >= 0.6 is 11.6 Å². The fraction of sp³-hybridized carbons (Fsp3) is 0.353. The molecule has 0 spiro atoms. The number of benzene rings is 1. The van der Waals surface area contributed by atoms with Gasteiger partial charge in [-0.25, -0.2) is 0 Å². The predicted octanol–water partition coefficient (Wildman–Crippen LogP) is 2.75. The summed E-state index contributed by atoms with van der Waals surface area (Å²) in [4.78, 5) is 13.7. The van der Waals surface area contributed by atoms with E-state index in [2.05, 4.69) is 16.7 Å². The summed E-state index contributed by atoms with van der Waals surface area (Å²) in [5.41, 5.74) is 2.31. The molecular formula is C17H21ClN2O2. The molecule has 0 saturated heterocycles. The third kappa shape index (κ3) is 4.61. The van der Waals surface area contributed by atoms with E-state index in [9.17, 15) is 4.79 Å². The van der Waals surface area contributed by atoms with Gasteiger partial charge < -0.3 is 14.2 Å². The van der Waals surface area contributed by atoms with E-state index in [0.29, 0.717) is 19.7 Å². The van der Waals surface area contributed by atoms with Crippen LogP contribution in [0.2, 0.25) is 0 Å². The first-order valence-electron chi connectivity index (χ1n) is 7.25. The van der Waals surface area contributed by atoms with Crippen LogP contribution in [0.4, 0.5) is 0 Å². The Morgan fingerprint density at radius 3 is 2.68 bits per heavy atom. The van der Waals surface area contributed by atoms with Gasteiger partial charge in [-0.15, -0.1) is 11.6 Å². The second-order valence-electron chi connectivity index (χ2n) is 5.05. The van der Waals surface area contributed by atoms with Crippen molar-refractivity contribution >= 4 is 17.5 Å². The van der Waals surface area contributed by atoms with Gasteiger partial charge in [0, 0.05) is 32.1 Å². The molecule has 0 saturated carbocycles. The minimum absolute atomic E-state index is 0.0108. The number of carbonyl (C=O) groups is 1. The molecule has 0 unspecified atom stereocenters. The normalized spacial score (nSPS) is 10.6. The van der Waals surface area contributed by atoms with E-state index >= 15 is 0 Å². The summed E-state index contributed by atoms with van der Waals surface area (Å²) in [6.45, 7) is 2.37. The van der Waals surface area contributed by atoms with Crippen molar-refractivity contribution < 1.29 is 9.53 Å². The van der Waals surface area contributed by atoms with E-state index < -0.39 is 0 Å². The quantitative estimate of drug-likeness (QED) is 0.701. The van der Waals surface area contributed by atoms with Crippen LogP contribution < -0.4 is 0 Å². The van der Waals surface area contributed by atoms with Crippen LogP contribution in [0.1, 0.15) is 11.3 Å². The van der Waals surface area contributed by atoms with Gasteiger partial charge in [-0.05, 0) is 17.7 Å². The fourth-order valence-electron chi connectivity index (χ4n) is 2.30. The van der Waals surface area contributed by atoms with Gasteiger partial charge in [0.05, 0.1) is 13.2 Å². The molecule has 1 heterocycles. The highest BCUT2D eigenvalue weighted by Crippen LogP contribution is 2.11. The summed E-state index contributed by atoms with van der Waals surface area (Å²) >= 11 is 5.70. The number of alkyl halides is 1. The number of methoxy groups -OCH3 is 1. The number of aromatic nitrogens is 1. The predicted molar refractivity (Wildman–Crippen MR) is 88.0 cm³/mol. The van der Waals surface area contributed by atoms with Crippen molar-refractivity contribution in [3.05, 3.63) is 59.9 Å². The number of carbonyl (C=O) groups excluding carboxylic acids is 1. The lowest BCUT2D eigenvalue weighted by molar-refractivity contribution is -0.129. The molecule has 0 N–H and O–H groups in total. The Bertz CT molecular complexity index is 583. The van der Waals surface area contributed by atoms with Crippen LogP contribution in [0.25, 0.3) is 0 Å². The highest BCUT2D eigenvalue weighted by atomic mass is 35.5. The molecule has 5 heteroatoms. The van der Waals surface area contributed by atoms with Gasteiger partial charge in [0.15, 0.2) is 0 Å². The molecule has 0 fully saturated rings. The number of rotatable bonds is 8. The lowest BCUT2D eigenvalue weighted by Gasteiger charge is -2.22. The van der Waals surface area contributed by atoms with Crippen molar-refractivity contribution in [2.75, 3.05) is 26.1 Å². The Balaban J connectivity index is 2.08. The van der Waals surface area contributed by atoms with Crippen LogP contribution in [0, 0.1) is 0 Å². The molecule has 0 aliphatic rings. The molecule has 1 aromatic heterocycles. The van der Waals surface area contributed by atoms with Crippen molar-refractivity contribution in [2.24, 2.45) is 0 Å². The summed E-state index contributed by atoms with van der Waals surface area (Å²) in [5, 5.41) is 0. The molecule has 0 atom stereocenters. The average molecular weight is 321 g/mol. The lowest BCUT2D eigenvalue weighted by Crippen LogP contribution is -2.35. The third-order valence-corrected chi connectivity index (χ3v) is 3.73. The van der Waals surface area contributed by atoms with Crippen LogP contribution in [-0.4, -0.2) is 41.5 Å². The summed E-state index contributed by atoms with van der Waals surface area (Å²) in [6, 6.07) is 14.3. The lowest BCUT2D eigenvalue weighted by atomic mass is 10.2. The van der Waals surface area contributed by atoms with E-state index in [0.717, 1.165) is 12.2 Å². The number of hydrogen-bond donors (Lipinski definition) is 0. The monoisotopic (exact) mass is 320 g/mol. The molecular weight excluding hydrogens is 300 g/mol. The first-order chi connectivity index (χ1) is 10.7. The number of ether oxygens (including phenoxy) is 1. The fourth-order valence-corrected chi connectivity index (χ4v) is 2.47. The molecule has 1 aromatic carbocycles. The molecule has 0 bridgehead atoms. The molecule has 0 radical (unpaired) electrons. The standard InChI is InChI=1S/C17H21ClN2O2/c1-22-11-10-20(17(21)12-18)14-16-8-5-9-19(16)13-15-6-3-2-4-7-15/h2-9H,10-14H2,1H3. The largest absolute Gasteiger partial charge is 0.383 e. The molecule has 0 aliphatic heterocycles. The second-order valence-corrected chi connectivity index (χ2v) is 5.32. The Hall–Kier alpha value is -1.78. The van der Waals surface area contributed by atoms with Gasteiger partial charge in [-0.3, -0.25) is 4.79 Å². The average Bonchev–Trinajstić information content (AvgIpc) is 2.98. The van der Waals surface area contributed by atoms with Crippen LogP contribution in [0.15, 0.2) is 48.7 Å². The van der Waals surface area contributed by atoms with Crippen molar-refractivity contribution in [1.29, 1.82) is 0 Å². The number of amides is 1. The summed E-state index contributed by atoms with van der Waals surface area (Å²) in [5.74, 6) is -0.0884. The zero-order chi connectivity index (χ0) is 15.8. The van der Waals surface area contributed by atoms with Gasteiger partial charge in [0.1, 0.15) is 5.88 Å². The first kappa shape index (κ1) is 16.6. The SMILES string of the molecule is COCCN(Cc1cccn1Cc1ccccc1)C(=O)CCl. The molecule has 2 rings (SSSR count). The first-order valence-corrected chi connectivity index (χ1v) is 7.78. The van der Waals surface area contributed by atoms with Crippen LogP contribution in [-0.2, 0) is 22.6 Å². The van der Waals surface area contributed by atoms with E-state index in [1.54, 1.807) is 12.0 Å². The van der Waals surface area contributed by atoms with Crippen LogP contribution in [0.5, 0.6) is 0 Å². The molecule has 22 heavy (non-hydrogen) atoms. The van der Waals surface area contributed by atoms with E-state index in [4.69, 9.17) is 16.3 Å².